The predicted molar refractivity (Wildman–Crippen MR) is 61.5 cm³/mol. The van der Waals surface area contributed by atoms with Crippen molar-refractivity contribution in [1.29, 1.82) is 0 Å². The van der Waals surface area contributed by atoms with E-state index in [0.29, 0.717) is 6.42 Å². The Bertz CT molecular complexity index is 484. The van der Waals surface area contributed by atoms with E-state index < -0.39 is 6.10 Å². The number of hydrogen-bond donors (Lipinski definition) is 1. The fraction of sp³-hybridized carbons (Fsp3) is 0.250. The largest absolute Gasteiger partial charge is 0.484 e. The van der Waals surface area contributed by atoms with E-state index in [9.17, 15) is 5.11 Å². The summed E-state index contributed by atoms with van der Waals surface area (Å²) in [5.74, 6) is 0.777. The normalized spacial score (nSPS) is 23.6. The number of aromatic nitrogens is 1. The Hall–Kier alpha value is -1.39. The molecule has 4 heteroatoms. The molecule has 0 fully saturated rings. The van der Waals surface area contributed by atoms with Gasteiger partial charge in [-0.3, -0.25) is 4.98 Å². The average molecular weight is 233 g/mol. The third-order valence-electron chi connectivity index (χ3n) is 2.75. The van der Waals surface area contributed by atoms with Crippen LogP contribution in [-0.2, 0) is 0 Å². The number of para-hydroxylation sites is 1. The molecule has 0 saturated carbocycles. The zero-order valence-corrected chi connectivity index (χ0v) is 9.35. The molecule has 1 aliphatic rings. The summed E-state index contributed by atoms with van der Waals surface area (Å²) in [6, 6.07) is 7.63. The number of thiazole rings is 1. The zero-order chi connectivity index (χ0) is 11.0. The van der Waals surface area contributed by atoms with Crippen molar-refractivity contribution in [2.45, 2.75) is 18.6 Å². The number of aliphatic hydroxyl groups is 1. The van der Waals surface area contributed by atoms with E-state index in [1.54, 1.807) is 23.0 Å². The van der Waals surface area contributed by atoms with Crippen LogP contribution in [0.1, 0.15) is 29.1 Å². The van der Waals surface area contributed by atoms with E-state index in [2.05, 4.69) is 4.98 Å². The lowest BCUT2D eigenvalue weighted by atomic mass is 9.99. The number of benzene rings is 1. The fourth-order valence-corrected chi connectivity index (χ4v) is 2.61. The molecule has 1 N–H and O–H groups in total. The molecule has 0 radical (unpaired) electrons. The molecule has 0 amide bonds. The monoisotopic (exact) mass is 233 g/mol. The number of rotatable bonds is 1. The van der Waals surface area contributed by atoms with Gasteiger partial charge in [-0.15, -0.1) is 11.3 Å². The van der Waals surface area contributed by atoms with E-state index in [1.807, 2.05) is 24.3 Å². The quantitative estimate of drug-likeness (QED) is 0.823. The van der Waals surface area contributed by atoms with Crippen LogP contribution in [0.5, 0.6) is 5.75 Å². The van der Waals surface area contributed by atoms with Crippen LogP contribution >= 0.6 is 11.3 Å². The number of aliphatic hydroxyl groups excluding tert-OH is 1. The molecule has 1 aliphatic heterocycles. The minimum atomic E-state index is -0.447. The van der Waals surface area contributed by atoms with Gasteiger partial charge >= 0.3 is 0 Å². The third kappa shape index (κ3) is 1.60. The first kappa shape index (κ1) is 9.81. The molecule has 3 nitrogen and oxygen atoms in total. The Morgan fingerprint density at radius 3 is 3.06 bits per heavy atom. The molecule has 16 heavy (non-hydrogen) atoms. The van der Waals surface area contributed by atoms with Gasteiger partial charge in [0.25, 0.3) is 0 Å². The number of fused-ring (bicyclic) bond motifs is 1. The van der Waals surface area contributed by atoms with Crippen LogP contribution in [0.25, 0.3) is 0 Å². The van der Waals surface area contributed by atoms with E-state index in [1.165, 1.54) is 0 Å². The number of nitrogens with zero attached hydrogens (tertiary/aromatic N) is 1. The van der Waals surface area contributed by atoms with Crippen LogP contribution in [0.2, 0.25) is 0 Å². The van der Waals surface area contributed by atoms with Gasteiger partial charge in [0.05, 0.1) is 16.5 Å². The highest BCUT2D eigenvalue weighted by Crippen LogP contribution is 2.41. The van der Waals surface area contributed by atoms with Gasteiger partial charge in [0.1, 0.15) is 11.9 Å². The van der Waals surface area contributed by atoms with E-state index in [0.717, 1.165) is 16.2 Å². The average Bonchev–Trinajstić information content (AvgIpc) is 2.82. The Morgan fingerprint density at radius 1 is 1.38 bits per heavy atom. The molecule has 82 valence electrons. The molecule has 1 aromatic carbocycles. The lowest BCUT2D eigenvalue weighted by Gasteiger charge is -2.28. The molecule has 2 unspecified atom stereocenters. The van der Waals surface area contributed by atoms with Crippen molar-refractivity contribution < 1.29 is 9.84 Å². The second kappa shape index (κ2) is 3.88. The number of ether oxygens (including phenoxy) is 1. The first-order valence-corrected chi connectivity index (χ1v) is 6.04. The standard InChI is InChI=1S/C12H11NO2S/c14-9-5-11(12-6-13-7-16-12)15-10-4-2-1-3-8(9)10/h1-4,6-7,9,11,14H,5H2. The fourth-order valence-electron chi connectivity index (χ4n) is 1.95. The molecule has 0 bridgehead atoms. The van der Waals surface area contributed by atoms with E-state index in [-0.39, 0.29) is 6.10 Å². The SMILES string of the molecule is OC1CC(c2cncs2)Oc2ccccc21. The highest BCUT2D eigenvalue weighted by atomic mass is 32.1. The van der Waals surface area contributed by atoms with Crippen molar-refractivity contribution >= 4 is 11.3 Å². The first-order chi connectivity index (χ1) is 7.84. The summed E-state index contributed by atoms with van der Waals surface area (Å²) in [7, 11) is 0. The summed E-state index contributed by atoms with van der Waals surface area (Å²) in [5, 5.41) is 10.0. The maximum absolute atomic E-state index is 10.0. The highest BCUT2D eigenvalue weighted by Gasteiger charge is 2.28. The van der Waals surface area contributed by atoms with E-state index in [4.69, 9.17) is 4.74 Å². The summed E-state index contributed by atoms with van der Waals surface area (Å²) in [6.07, 6.45) is 1.88. The molecular formula is C12H11NO2S. The molecule has 0 aliphatic carbocycles. The van der Waals surface area contributed by atoms with Gasteiger partial charge in [-0.2, -0.15) is 0 Å². The topological polar surface area (TPSA) is 42.4 Å². The van der Waals surface area contributed by atoms with E-state index >= 15 is 0 Å². The molecule has 2 heterocycles. The maximum Gasteiger partial charge on any atom is 0.137 e. The smallest absolute Gasteiger partial charge is 0.137 e. The Labute approximate surface area is 97.3 Å². The summed E-state index contributed by atoms with van der Waals surface area (Å²) in [4.78, 5) is 5.10. The Morgan fingerprint density at radius 2 is 2.25 bits per heavy atom. The van der Waals surface area contributed by atoms with Crippen molar-refractivity contribution in [2.75, 3.05) is 0 Å². The summed E-state index contributed by atoms with van der Waals surface area (Å²) in [6.45, 7) is 0. The van der Waals surface area contributed by atoms with Crippen LogP contribution in [0, 0.1) is 0 Å². The van der Waals surface area contributed by atoms with Crippen molar-refractivity contribution in [1.82, 2.24) is 4.98 Å². The maximum atomic E-state index is 10.0. The predicted octanol–water partition coefficient (Wildman–Crippen LogP) is 2.70. The molecular weight excluding hydrogens is 222 g/mol. The Balaban J connectivity index is 1.95. The highest BCUT2D eigenvalue weighted by molar-refractivity contribution is 7.09. The van der Waals surface area contributed by atoms with Crippen molar-refractivity contribution in [3.05, 3.63) is 46.4 Å². The molecule has 0 saturated heterocycles. The first-order valence-electron chi connectivity index (χ1n) is 5.16. The van der Waals surface area contributed by atoms with Gasteiger partial charge in [0.2, 0.25) is 0 Å². The van der Waals surface area contributed by atoms with Crippen LogP contribution in [-0.4, -0.2) is 10.1 Å². The summed E-state index contributed by atoms with van der Waals surface area (Å²) in [5.41, 5.74) is 2.66. The minimum Gasteiger partial charge on any atom is -0.484 e. The molecule has 0 spiro atoms. The second-order valence-corrected chi connectivity index (χ2v) is 4.72. The summed E-state index contributed by atoms with van der Waals surface area (Å²) >= 11 is 1.56. The van der Waals surface area contributed by atoms with Crippen molar-refractivity contribution in [2.24, 2.45) is 0 Å². The molecule has 3 rings (SSSR count). The summed E-state index contributed by atoms with van der Waals surface area (Å²) < 4.78 is 5.86. The van der Waals surface area contributed by atoms with Gasteiger partial charge < -0.3 is 9.84 Å². The van der Waals surface area contributed by atoms with Gasteiger partial charge in [-0.05, 0) is 6.07 Å². The zero-order valence-electron chi connectivity index (χ0n) is 8.54. The molecule has 2 aromatic rings. The van der Waals surface area contributed by atoms with Gasteiger partial charge in [-0.25, -0.2) is 0 Å². The third-order valence-corrected chi connectivity index (χ3v) is 3.62. The van der Waals surface area contributed by atoms with Crippen molar-refractivity contribution in [3.63, 3.8) is 0 Å². The second-order valence-electron chi connectivity index (χ2n) is 3.80. The molecule has 1 aromatic heterocycles. The van der Waals surface area contributed by atoms with Gasteiger partial charge in [0.15, 0.2) is 0 Å². The molecule has 2 atom stereocenters. The van der Waals surface area contributed by atoms with Crippen LogP contribution < -0.4 is 4.74 Å². The lowest BCUT2D eigenvalue weighted by Crippen LogP contribution is -2.18. The van der Waals surface area contributed by atoms with Crippen LogP contribution in [0.15, 0.2) is 36.0 Å². The minimum absolute atomic E-state index is 0.0719. The van der Waals surface area contributed by atoms with Gasteiger partial charge in [0, 0.05) is 18.2 Å². The lowest BCUT2D eigenvalue weighted by molar-refractivity contribution is 0.0673. The number of hydrogen-bond acceptors (Lipinski definition) is 4. The van der Waals surface area contributed by atoms with Crippen molar-refractivity contribution in [3.8, 4) is 5.75 Å². The van der Waals surface area contributed by atoms with Gasteiger partial charge in [-0.1, -0.05) is 18.2 Å². The van der Waals surface area contributed by atoms with Crippen LogP contribution in [0.3, 0.4) is 0 Å². The Kier molecular flexibility index (Phi) is 2.38. The van der Waals surface area contributed by atoms with Crippen LogP contribution in [0.4, 0.5) is 0 Å².